The minimum absolute atomic E-state index is 0.169. The van der Waals surface area contributed by atoms with Gasteiger partial charge in [-0.3, -0.25) is 0 Å². The number of nitrogens with zero attached hydrogens (tertiary/aromatic N) is 2. The van der Waals surface area contributed by atoms with Crippen molar-refractivity contribution in [1.29, 1.82) is 0 Å². The molecule has 0 aliphatic carbocycles. The van der Waals surface area contributed by atoms with E-state index in [1.54, 1.807) is 6.20 Å². The minimum atomic E-state index is 0.169. The standard InChI is InChI=1S/C13H13BrN2O/c14-11-5-2-1-4-10(11)12-7-8-15-13(16-12)6-3-9-17/h1-2,4-5,7-8,17H,3,6,9H2. The summed E-state index contributed by atoms with van der Waals surface area (Å²) >= 11 is 3.51. The number of aryl methyl sites for hydroxylation is 1. The Labute approximate surface area is 109 Å². The number of aromatic nitrogens is 2. The van der Waals surface area contributed by atoms with Crippen LogP contribution >= 0.6 is 15.9 Å². The number of hydrogen-bond donors (Lipinski definition) is 1. The van der Waals surface area contributed by atoms with E-state index in [4.69, 9.17) is 5.11 Å². The number of benzene rings is 1. The van der Waals surface area contributed by atoms with E-state index in [1.807, 2.05) is 30.3 Å². The van der Waals surface area contributed by atoms with Crippen LogP contribution in [0.5, 0.6) is 0 Å². The molecule has 0 amide bonds. The molecule has 0 unspecified atom stereocenters. The monoisotopic (exact) mass is 292 g/mol. The van der Waals surface area contributed by atoms with Gasteiger partial charge < -0.3 is 5.11 Å². The van der Waals surface area contributed by atoms with E-state index in [9.17, 15) is 0 Å². The van der Waals surface area contributed by atoms with Gasteiger partial charge in [-0.2, -0.15) is 0 Å². The number of hydrogen-bond acceptors (Lipinski definition) is 3. The summed E-state index contributed by atoms with van der Waals surface area (Å²) in [6.07, 6.45) is 3.16. The molecule has 2 aromatic rings. The third-order valence-corrected chi connectivity index (χ3v) is 3.11. The summed E-state index contributed by atoms with van der Waals surface area (Å²) in [4.78, 5) is 8.68. The van der Waals surface area contributed by atoms with Gasteiger partial charge in [-0.1, -0.05) is 34.1 Å². The first-order valence-corrected chi connectivity index (χ1v) is 6.28. The molecule has 1 aromatic carbocycles. The highest BCUT2D eigenvalue weighted by atomic mass is 79.9. The molecule has 0 aliphatic rings. The van der Waals surface area contributed by atoms with E-state index in [-0.39, 0.29) is 6.61 Å². The molecule has 1 aromatic heterocycles. The summed E-state index contributed by atoms with van der Waals surface area (Å²) in [7, 11) is 0. The molecule has 1 heterocycles. The summed E-state index contributed by atoms with van der Waals surface area (Å²) in [6.45, 7) is 0.169. The predicted octanol–water partition coefficient (Wildman–Crippen LogP) is 2.83. The zero-order valence-corrected chi connectivity index (χ0v) is 10.9. The van der Waals surface area contributed by atoms with Crippen molar-refractivity contribution < 1.29 is 5.11 Å². The number of halogens is 1. The molecule has 0 aliphatic heterocycles. The maximum Gasteiger partial charge on any atom is 0.129 e. The SMILES string of the molecule is OCCCc1nccc(-c2ccccc2Br)n1. The lowest BCUT2D eigenvalue weighted by atomic mass is 10.1. The quantitative estimate of drug-likeness (QED) is 0.943. The second kappa shape index (κ2) is 5.89. The van der Waals surface area contributed by atoms with Gasteiger partial charge >= 0.3 is 0 Å². The Balaban J connectivity index is 2.30. The van der Waals surface area contributed by atoms with Crippen molar-refractivity contribution in [1.82, 2.24) is 9.97 Å². The smallest absolute Gasteiger partial charge is 0.129 e. The molecule has 3 nitrogen and oxygen atoms in total. The molecular weight excluding hydrogens is 280 g/mol. The predicted molar refractivity (Wildman–Crippen MR) is 70.6 cm³/mol. The van der Waals surface area contributed by atoms with Gasteiger partial charge in [-0.05, 0) is 18.6 Å². The van der Waals surface area contributed by atoms with Gasteiger partial charge in [0.05, 0.1) is 5.69 Å². The van der Waals surface area contributed by atoms with E-state index < -0.39 is 0 Å². The lowest BCUT2D eigenvalue weighted by molar-refractivity contribution is 0.287. The fraction of sp³-hybridized carbons (Fsp3) is 0.231. The fourth-order valence-corrected chi connectivity index (χ4v) is 2.06. The average Bonchev–Trinajstić information content (AvgIpc) is 2.37. The van der Waals surface area contributed by atoms with Crippen LogP contribution in [-0.2, 0) is 6.42 Å². The van der Waals surface area contributed by atoms with Crippen molar-refractivity contribution in [2.24, 2.45) is 0 Å². The lowest BCUT2D eigenvalue weighted by Gasteiger charge is -2.05. The Hall–Kier alpha value is -1.26. The van der Waals surface area contributed by atoms with Crippen LogP contribution in [-0.4, -0.2) is 21.7 Å². The number of rotatable bonds is 4. The van der Waals surface area contributed by atoms with Crippen LogP contribution in [0.1, 0.15) is 12.2 Å². The molecule has 4 heteroatoms. The zero-order valence-electron chi connectivity index (χ0n) is 9.31. The number of aliphatic hydroxyl groups excluding tert-OH is 1. The zero-order chi connectivity index (χ0) is 12.1. The molecule has 0 bridgehead atoms. The van der Waals surface area contributed by atoms with Crippen LogP contribution in [0.4, 0.5) is 0 Å². The topological polar surface area (TPSA) is 46.0 Å². The van der Waals surface area contributed by atoms with Crippen LogP contribution in [0.2, 0.25) is 0 Å². The largest absolute Gasteiger partial charge is 0.396 e. The summed E-state index contributed by atoms with van der Waals surface area (Å²) in [6, 6.07) is 9.85. The minimum Gasteiger partial charge on any atom is -0.396 e. The molecule has 1 N–H and O–H groups in total. The van der Waals surface area contributed by atoms with E-state index in [0.29, 0.717) is 12.8 Å². The molecular formula is C13H13BrN2O. The summed E-state index contributed by atoms with van der Waals surface area (Å²) in [5.74, 6) is 0.771. The molecule has 0 fully saturated rings. The molecule has 0 saturated carbocycles. The van der Waals surface area contributed by atoms with Crippen LogP contribution < -0.4 is 0 Å². The van der Waals surface area contributed by atoms with E-state index >= 15 is 0 Å². The summed E-state index contributed by atoms with van der Waals surface area (Å²) < 4.78 is 1.02. The van der Waals surface area contributed by atoms with Crippen LogP contribution in [0.25, 0.3) is 11.3 Å². The van der Waals surface area contributed by atoms with Gasteiger partial charge in [0.1, 0.15) is 5.82 Å². The second-order valence-electron chi connectivity index (χ2n) is 3.67. The van der Waals surface area contributed by atoms with Gasteiger partial charge in [0, 0.05) is 29.3 Å². The van der Waals surface area contributed by atoms with Crippen LogP contribution in [0, 0.1) is 0 Å². The van der Waals surface area contributed by atoms with Gasteiger partial charge in [0.25, 0.3) is 0 Å². The number of aliphatic hydroxyl groups is 1. The van der Waals surface area contributed by atoms with Crippen molar-refractivity contribution in [2.45, 2.75) is 12.8 Å². The highest BCUT2D eigenvalue weighted by Gasteiger charge is 2.05. The molecule has 0 spiro atoms. The molecule has 17 heavy (non-hydrogen) atoms. The van der Waals surface area contributed by atoms with Crippen molar-refractivity contribution in [3.05, 3.63) is 46.8 Å². The highest BCUT2D eigenvalue weighted by molar-refractivity contribution is 9.10. The average molecular weight is 293 g/mol. The Bertz CT molecular complexity index is 502. The van der Waals surface area contributed by atoms with Crippen LogP contribution in [0.15, 0.2) is 41.0 Å². The van der Waals surface area contributed by atoms with Crippen molar-refractivity contribution in [3.8, 4) is 11.3 Å². The van der Waals surface area contributed by atoms with Gasteiger partial charge in [0.15, 0.2) is 0 Å². The molecule has 0 atom stereocenters. The first-order valence-electron chi connectivity index (χ1n) is 5.49. The third kappa shape index (κ3) is 3.11. The fourth-order valence-electron chi connectivity index (χ4n) is 1.58. The molecule has 0 saturated heterocycles. The lowest BCUT2D eigenvalue weighted by Crippen LogP contribution is -1.98. The maximum absolute atomic E-state index is 8.79. The van der Waals surface area contributed by atoms with Crippen molar-refractivity contribution >= 4 is 15.9 Å². The van der Waals surface area contributed by atoms with Gasteiger partial charge in [-0.15, -0.1) is 0 Å². The maximum atomic E-state index is 8.79. The van der Waals surface area contributed by atoms with Crippen LogP contribution in [0.3, 0.4) is 0 Å². The molecule has 0 radical (unpaired) electrons. The van der Waals surface area contributed by atoms with E-state index in [0.717, 1.165) is 21.6 Å². The van der Waals surface area contributed by atoms with Gasteiger partial charge in [0.2, 0.25) is 0 Å². The first-order chi connectivity index (χ1) is 8.31. The Morgan fingerprint density at radius 1 is 1.18 bits per heavy atom. The van der Waals surface area contributed by atoms with E-state index in [2.05, 4.69) is 25.9 Å². The molecule has 88 valence electrons. The third-order valence-electron chi connectivity index (χ3n) is 2.41. The Kier molecular flexibility index (Phi) is 4.23. The Morgan fingerprint density at radius 3 is 2.76 bits per heavy atom. The second-order valence-corrected chi connectivity index (χ2v) is 4.52. The van der Waals surface area contributed by atoms with Crippen molar-refractivity contribution in [3.63, 3.8) is 0 Å². The summed E-state index contributed by atoms with van der Waals surface area (Å²) in [5, 5.41) is 8.79. The summed E-state index contributed by atoms with van der Waals surface area (Å²) in [5.41, 5.74) is 1.96. The van der Waals surface area contributed by atoms with E-state index in [1.165, 1.54) is 0 Å². The normalized spacial score (nSPS) is 10.5. The van der Waals surface area contributed by atoms with Crippen molar-refractivity contribution in [2.75, 3.05) is 6.61 Å². The highest BCUT2D eigenvalue weighted by Crippen LogP contribution is 2.25. The Morgan fingerprint density at radius 2 is 2.00 bits per heavy atom. The van der Waals surface area contributed by atoms with Gasteiger partial charge in [-0.25, -0.2) is 9.97 Å². The first kappa shape index (κ1) is 12.2. The molecule has 2 rings (SSSR count).